The highest BCUT2D eigenvalue weighted by atomic mass is 35.5. The maximum absolute atomic E-state index is 10.8. The maximum Gasteiger partial charge on any atom is 0.329 e. The number of aliphatic carboxylic acids is 1. The molecule has 3 aliphatic rings. The van der Waals surface area contributed by atoms with E-state index in [0.29, 0.717) is 23.3 Å². The third-order valence-electron chi connectivity index (χ3n) is 5.94. The highest BCUT2D eigenvalue weighted by Crippen LogP contribution is 2.45. The molecule has 1 saturated heterocycles. The smallest absolute Gasteiger partial charge is 0.329 e. The second-order valence-electron chi connectivity index (χ2n) is 7.34. The van der Waals surface area contributed by atoms with Gasteiger partial charge in [-0.05, 0) is 43.4 Å². The Balaban J connectivity index is 1.68. The van der Waals surface area contributed by atoms with Crippen LogP contribution >= 0.6 is 11.6 Å². The van der Waals surface area contributed by atoms with Gasteiger partial charge in [-0.2, -0.15) is 0 Å². The van der Waals surface area contributed by atoms with Gasteiger partial charge in [-0.25, -0.2) is 4.79 Å². The molecule has 0 aromatic rings. The summed E-state index contributed by atoms with van der Waals surface area (Å²) in [6.07, 6.45) is 10.8. The summed E-state index contributed by atoms with van der Waals surface area (Å²) in [7, 11) is 0. The number of hydrogen-bond donors (Lipinski definition) is 2. The molecule has 0 amide bonds. The van der Waals surface area contributed by atoms with E-state index in [0.717, 1.165) is 31.6 Å². The number of hydrogen-bond acceptors (Lipinski definition) is 3. The molecular formula is C17H28ClNO3. The van der Waals surface area contributed by atoms with E-state index >= 15 is 0 Å². The largest absolute Gasteiger partial charge is 0.480 e. The van der Waals surface area contributed by atoms with Crippen LogP contribution in [0, 0.1) is 17.8 Å². The third-order valence-corrected chi connectivity index (χ3v) is 6.33. The minimum atomic E-state index is -0.886. The molecule has 5 heteroatoms. The number of fused-ring (bicyclic) bond motifs is 1. The summed E-state index contributed by atoms with van der Waals surface area (Å²) in [5.74, 6) is 1.18. The zero-order valence-electron chi connectivity index (χ0n) is 13.2. The Morgan fingerprint density at radius 3 is 2.59 bits per heavy atom. The fourth-order valence-electron chi connectivity index (χ4n) is 4.95. The summed E-state index contributed by atoms with van der Waals surface area (Å²) < 4.78 is 5.60. The van der Waals surface area contributed by atoms with E-state index in [2.05, 4.69) is 5.32 Å². The Bertz CT molecular complexity index is 386. The second kappa shape index (κ2) is 7.50. The highest BCUT2D eigenvalue weighted by molar-refractivity contribution is 6.20. The van der Waals surface area contributed by atoms with E-state index in [9.17, 15) is 4.79 Å². The first-order valence-electron chi connectivity index (χ1n) is 8.87. The number of alkyl halides is 1. The third kappa shape index (κ3) is 3.95. The van der Waals surface area contributed by atoms with Crippen molar-refractivity contribution in [2.75, 3.05) is 6.61 Å². The molecule has 4 nitrogen and oxygen atoms in total. The molecule has 5 unspecified atom stereocenters. The molecule has 3 fully saturated rings. The van der Waals surface area contributed by atoms with Gasteiger partial charge in [0, 0.05) is 11.4 Å². The molecule has 0 aromatic carbocycles. The van der Waals surface area contributed by atoms with Gasteiger partial charge in [0.25, 0.3) is 0 Å². The van der Waals surface area contributed by atoms with Gasteiger partial charge in [0.2, 0.25) is 0 Å². The number of carboxylic acids is 1. The summed E-state index contributed by atoms with van der Waals surface area (Å²) >= 11 is 6.44. The minimum Gasteiger partial charge on any atom is -0.480 e. The molecule has 2 saturated carbocycles. The van der Waals surface area contributed by atoms with Crippen LogP contribution < -0.4 is 5.32 Å². The van der Waals surface area contributed by atoms with Crippen molar-refractivity contribution in [3.05, 3.63) is 0 Å². The monoisotopic (exact) mass is 329 g/mol. The first kappa shape index (κ1) is 16.5. The quantitative estimate of drug-likeness (QED) is 0.776. The van der Waals surface area contributed by atoms with Crippen LogP contribution in [0.4, 0.5) is 0 Å². The molecule has 0 spiro atoms. The van der Waals surface area contributed by atoms with Gasteiger partial charge < -0.3 is 9.84 Å². The minimum absolute atomic E-state index is 0.101. The van der Waals surface area contributed by atoms with Crippen molar-refractivity contribution >= 4 is 17.6 Å². The summed E-state index contributed by atoms with van der Waals surface area (Å²) in [5.41, 5.74) is 0. The number of piperidine rings is 1. The van der Waals surface area contributed by atoms with Crippen molar-refractivity contribution in [2.45, 2.75) is 75.4 Å². The Hall–Kier alpha value is -0.320. The standard InChI is InChI=1S/C17H28ClNO3/c18-12-6-7-15-14(8-12)13(11-4-2-1-3-5-11)9-16(19-15)22-10-17(20)21/h11-16,19H,1-10H2,(H,20,21). The molecule has 3 rings (SSSR count). The lowest BCUT2D eigenvalue weighted by molar-refractivity contribution is -0.148. The maximum atomic E-state index is 10.8. The Morgan fingerprint density at radius 1 is 1.09 bits per heavy atom. The average molecular weight is 330 g/mol. The van der Waals surface area contributed by atoms with Crippen LogP contribution in [0.5, 0.6) is 0 Å². The zero-order valence-corrected chi connectivity index (χ0v) is 13.9. The predicted octanol–water partition coefficient (Wildman–Crippen LogP) is 3.38. The number of carbonyl (C=O) groups is 1. The van der Waals surface area contributed by atoms with Crippen LogP contribution in [-0.2, 0) is 9.53 Å². The molecule has 2 aliphatic carbocycles. The molecule has 2 N–H and O–H groups in total. The molecule has 22 heavy (non-hydrogen) atoms. The van der Waals surface area contributed by atoms with Crippen molar-refractivity contribution in [3.63, 3.8) is 0 Å². The molecule has 0 bridgehead atoms. The van der Waals surface area contributed by atoms with Crippen LogP contribution in [-0.4, -0.2) is 35.3 Å². The number of carboxylic acid groups (broad SMARTS) is 1. The van der Waals surface area contributed by atoms with Crippen molar-refractivity contribution in [3.8, 4) is 0 Å². The highest BCUT2D eigenvalue weighted by Gasteiger charge is 2.44. The normalized spacial score (nSPS) is 40.1. The van der Waals surface area contributed by atoms with Crippen LogP contribution in [0.15, 0.2) is 0 Å². The average Bonchev–Trinajstić information content (AvgIpc) is 2.53. The molecule has 5 atom stereocenters. The second-order valence-corrected chi connectivity index (χ2v) is 7.96. The molecule has 0 aromatic heterocycles. The SMILES string of the molecule is O=C(O)COC1CC(C2CCCCC2)C2CC(Cl)CCC2N1. The molecule has 126 valence electrons. The first-order chi connectivity index (χ1) is 10.6. The Labute approximate surface area is 137 Å². The lowest BCUT2D eigenvalue weighted by atomic mass is 9.64. The van der Waals surface area contributed by atoms with Gasteiger partial charge in [0.1, 0.15) is 12.8 Å². The van der Waals surface area contributed by atoms with E-state index in [1.165, 1.54) is 32.1 Å². The van der Waals surface area contributed by atoms with Crippen molar-refractivity contribution in [2.24, 2.45) is 17.8 Å². The topological polar surface area (TPSA) is 58.6 Å². The fraction of sp³-hybridized carbons (Fsp3) is 0.941. The Morgan fingerprint density at radius 2 is 1.86 bits per heavy atom. The van der Waals surface area contributed by atoms with Crippen LogP contribution in [0.25, 0.3) is 0 Å². The first-order valence-corrected chi connectivity index (χ1v) is 9.30. The summed E-state index contributed by atoms with van der Waals surface area (Å²) in [4.78, 5) is 10.8. The summed E-state index contributed by atoms with van der Waals surface area (Å²) in [6, 6.07) is 0.453. The fourth-order valence-corrected chi connectivity index (χ4v) is 5.28. The number of halogens is 1. The van der Waals surface area contributed by atoms with Crippen LogP contribution in [0.3, 0.4) is 0 Å². The van der Waals surface area contributed by atoms with Crippen molar-refractivity contribution in [1.29, 1.82) is 0 Å². The van der Waals surface area contributed by atoms with Crippen LogP contribution in [0.1, 0.15) is 57.8 Å². The van der Waals surface area contributed by atoms with E-state index in [1.54, 1.807) is 0 Å². The molecule has 1 aliphatic heterocycles. The summed E-state index contributed by atoms with van der Waals surface area (Å²) in [5, 5.41) is 12.7. The molecule has 0 radical (unpaired) electrons. The number of ether oxygens (including phenoxy) is 1. The number of rotatable bonds is 4. The number of nitrogens with one attached hydrogen (secondary N) is 1. The van der Waals surface area contributed by atoms with Gasteiger partial charge >= 0.3 is 5.97 Å². The van der Waals surface area contributed by atoms with E-state index < -0.39 is 5.97 Å². The molecule has 1 heterocycles. The van der Waals surface area contributed by atoms with E-state index in [1.807, 2.05) is 0 Å². The van der Waals surface area contributed by atoms with Gasteiger partial charge in [-0.15, -0.1) is 11.6 Å². The van der Waals surface area contributed by atoms with Crippen molar-refractivity contribution in [1.82, 2.24) is 5.32 Å². The van der Waals surface area contributed by atoms with E-state index in [-0.39, 0.29) is 12.8 Å². The van der Waals surface area contributed by atoms with Gasteiger partial charge in [0.15, 0.2) is 0 Å². The van der Waals surface area contributed by atoms with Gasteiger partial charge in [-0.3, -0.25) is 5.32 Å². The predicted molar refractivity (Wildman–Crippen MR) is 86.0 cm³/mol. The lowest BCUT2D eigenvalue weighted by Gasteiger charge is -2.49. The van der Waals surface area contributed by atoms with Gasteiger partial charge in [-0.1, -0.05) is 32.1 Å². The van der Waals surface area contributed by atoms with Crippen LogP contribution in [0.2, 0.25) is 0 Å². The summed E-state index contributed by atoms with van der Waals surface area (Å²) in [6.45, 7) is -0.204. The Kier molecular flexibility index (Phi) is 5.64. The zero-order chi connectivity index (χ0) is 15.5. The van der Waals surface area contributed by atoms with Gasteiger partial charge in [0.05, 0.1) is 0 Å². The molecular weight excluding hydrogens is 302 g/mol. The van der Waals surface area contributed by atoms with Crippen molar-refractivity contribution < 1.29 is 14.6 Å². The van der Waals surface area contributed by atoms with E-state index in [4.69, 9.17) is 21.4 Å². The lowest BCUT2D eigenvalue weighted by Crippen LogP contribution is -2.56.